The lowest BCUT2D eigenvalue weighted by Gasteiger charge is -2.13. The van der Waals surface area contributed by atoms with Crippen molar-refractivity contribution in [3.8, 4) is 0 Å². The molecule has 1 amide bonds. The molecular formula is C16H12N2OS2. The van der Waals surface area contributed by atoms with Crippen LogP contribution >= 0.6 is 24.0 Å². The first-order valence-electron chi connectivity index (χ1n) is 6.40. The molecule has 0 N–H and O–H groups in total. The van der Waals surface area contributed by atoms with E-state index in [0.717, 1.165) is 11.1 Å². The number of hydrogen-bond donors (Lipinski definition) is 0. The second kappa shape index (κ2) is 5.79. The van der Waals surface area contributed by atoms with Crippen molar-refractivity contribution in [2.75, 3.05) is 4.90 Å². The second-order valence-electron chi connectivity index (χ2n) is 4.58. The molecule has 104 valence electrons. The molecule has 0 radical (unpaired) electrons. The molecule has 2 aromatic rings. The number of anilines is 1. The zero-order chi connectivity index (χ0) is 14.8. The Morgan fingerprint density at radius 2 is 2.05 bits per heavy atom. The SMILES string of the molecule is Cc1ccccc1C=C1SC(=S)N(c2cccnc2)C1=O. The molecule has 1 aromatic heterocycles. The lowest BCUT2D eigenvalue weighted by molar-refractivity contribution is -0.113. The van der Waals surface area contributed by atoms with Crippen LogP contribution < -0.4 is 4.90 Å². The highest BCUT2D eigenvalue weighted by Gasteiger charge is 2.33. The summed E-state index contributed by atoms with van der Waals surface area (Å²) in [7, 11) is 0. The summed E-state index contributed by atoms with van der Waals surface area (Å²) < 4.78 is 0.535. The molecule has 3 nitrogen and oxygen atoms in total. The summed E-state index contributed by atoms with van der Waals surface area (Å²) in [5.74, 6) is -0.0961. The van der Waals surface area contributed by atoms with Gasteiger partial charge in [-0.05, 0) is 36.3 Å². The van der Waals surface area contributed by atoms with E-state index in [1.54, 1.807) is 18.5 Å². The van der Waals surface area contributed by atoms with Crippen LogP contribution in [0.15, 0.2) is 53.7 Å². The van der Waals surface area contributed by atoms with Crippen molar-refractivity contribution in [3.63, 3.8) is 0 Å². The smallest absolute Gasteiger partial charge is 0.268 e. The second-order valence-corrected chi connectivity index (χ2v) is 6.26. The number of pyridine rings is 1. The zero-order valence-electron chi connectivity index (χ0n) is 11.3. The first-order chi connectivity index (χ1) is 10.2. The number of aromatic nitrogens is 1. The molecule has 0 bridgehead atoms. The van der Waals surface area contributed by atoms with Crippen LogP contribution in [-0.4, -0.2) is 15.2 Å². The Morgan fingerprint density at radius 3 is 2.76 bits per heavy atom. The summed E-state index contributed by atoms with van der Waals surface area (Å²) in [6.45, 7) is 2.02. The van der Waals surface area contributed by atoms with E-state index in [2.05, 4.69) is 4.98 Å². The van der Waals surface area contributed by atoms with Gasteiger partial charge >= 0.3 is 0 Å². The number of amides is 1. The summed E-state index contributed by atoms with van der Waals surface area (Å²) in [5, 5.41) is 0. The van der Waals surface area contributed by atoms with E-state index in [1.165, 1.54) is 16.7 Å². The number of nitrogens with zero attached hydrogens (tertiary/aromatic N) is 2. The van der Waals surface area contributed by atoms with Crippen LogP contribution in [0.4, 0.5) is 5.69 Å². The Hall–Kier alpha value is -1.98. The molecule has 1 saturated heterocycles. The molecule has 0 spiro atoms. The van der Waals surface area contributed by atoms with Gasteiger partial charge in [0.05, 0.1) is 16.8 Å². The normalized spacial score (nSPS) is 16.8. The minimum absolute atomic E-state index is 0.0961. The van der Waals surface area contributed by atoms with E-state index in [9.17, 15) is 4.79 Å². The number of rotatable bonds is 2. The maximum absolute atomic E-state index is 12.6. The van der Waals surface area contributed by atoms with Gasteiger partial charge in [0.2, 0.25) is 0 Å². The number of aryl methyl sites for hydroxylation is 1. The third-order valence-corrected chi connectivity index (χ3v) is 4.48. The summed E-state index contributed by atoms with van der Waals surface area (Å²) in [6.07, 6.45) is 5.21. The van der Waals surface area contributed by atoms with E-state index >= 15 is 0 Å². The first-order valence-corrected chi connectivity index (χ1v) is 7.63. The minimum Gasteiger partial charge on any atom is -0.268 e. The molecule has 1 aliphatic heterocycles. The summed E-state index contributed by atoms with van der Waals surface area (Å²) in [4.78, 5) is 18.8. The van der Waals surface area contributed by atoms with E-state index in [0.29, 0.717) is 14.9 Å². The average Bonchev–Trinajstić information content (AvgIpc) is 2.77. The largest absolute Gasteiger partial charge is 0.270 e. The van der Waals surface area contributed by atoms with E-state index < -0.39 is 0 Å². The summed E-state index contributed by atoms with van der Waals surface area (Å²) in [5.41, 5.74) is 2.86. The number of thioether (sulfide) groups is 1. The van der Waals surface area contributed by atoms with Gasteiger partial charge in [0.1, 0.15) is 0 Å². The Labute approximate surface area is 132 Å². The van der Waals surface area contributed by atoms with E-state index in [-0.39, 0.29) is 5.91 Å². The lowest BCUT2D eigenvalue weighted by Crippen LogP contribution is -2.27. The topological polar surface area (TPSA) is 33.2 Å². The molecular weight excluding hydrogens is 300 g/mol. The Balaban J connectivity index is 1.96. The third-order valence-electron chi connectivity index (χ3n) is 3.17. The third kappa shape index (κ3) is 2.75. The predicted octanol–water partition coefficient (Wildman–Crippen LogP) is 3.80. The monoisotopic (exact) mass is 312 g/mol. The van der Waals surface area contributed by atoms with Crippen molar-refractivity contribution in [1.29, 1.82) is 0 Å². The van der Waals surface area contributed by atoms with Crippen LogP contribution in [0.2, 0.25) is 0 Å². The molecule has 3 rings (SSSR count). The van der Waals surface area contributed by atoms with Crippen LogP contribution in [0.1, 0.15) is 11.1 Å². The van der Waals surface area contributed by atoms with Crippen molar-refractivity contribution in [2.45, 2.75) is 6.92 Å². The Kier molecular flexibility index (Phi) is 3.86. The molecule has 1 aliphatic rings. The van der Waals surface area contributed by atoms with Gasteiger partial charge in [-0.2, -0.15) is 0 Å². The van der Waals surface area contributed by atoms with Gasteiger partial charge in [-0.3, -0.25) is 14.7 Å². The van der Waals surface area contributed by atoms with Crippen molar-refractivity contribution in [2.24, 2.45) is 0 Å². The van der Waals surface area contributed by atoms with Gasteiger partial charge in [-0.15, -0.1) is 0 Å². The maximum Gasteiger partial charge on any atom is 0.270 e. The fourth-order valence-corrected chi connectivity index (χ4v) is 3.36. The number of hydrogen-bond acceptors (Lipinski definition) is 4. The summed E-state index contributed by atoms with van der Waals surface area (Å²) in [6, 6.07) is 11.6. The fourth-order valence-electron chi connectivity index (χ4n) is 2.07. The van der Waals surface area contributed by atoms with E-state index in [1.807, 2.05) is 43.3 Å². The number of carbonyl (C=O) groups is 1. The molecule has 0 atom stereocenters. The highest BCUT2D eigenvalue weighted by Crippen LogP contribution is 2.35. The quantitative estimate of drug-likeness (QED) is 0.624. The van der Waals surface area contributed by atoms with Crippen LogP contribution in [0.5, 0.6) is 0 Å². The zero-order valence-corrected chi connectivity index (χ0v) is 12.9. The number of benzene rings is 1. The van der Waals surface area contributed by atoms with Gasteiger partial charge in [0.25, 0.3) is 5.91 Å². The fraction of sp³-hybridized carbons (Fsp3) is 0.0625. The van der Waals surface area contributed by atoms with Gasteiger partial charge in [0.15, 0.2) is 4.32 Å². The molecule has 0 aliphatic carbocycles. The molecule has 2 heterocycles. The molecule has 1 aromatic carbocycles. The predicted molar refractivity (Wildman–Crippen MR) is 91.1 cm³/mol. The molecule has 0 saturated carbocycles. The molecule has 21 heavy (non-hydrogen) atoms. The van der Waals surface area contributed by atoms with Gasteiger partial charge < -0.3 is 0 Å². The van der Waals surface area contributed by atoms with Crippen LogP contribution in [0, 0.1) is 6.92 Å². The molecule has 5 heteroatoms. The van der Waals surface area contributed by atoms with E-state index in [4.69, 9.17) is 12.2 Å². The van der Waals surface area contributed by atoms with Gasteiger partial charge in [-0.1, -0.05) is 48.2 Å². The Bertz CT molecular complexity index is 741. The van der Waals surface area contributed by atoms with Crippen molar-refractivity contribution in [1.82, 2.24) is 4.98 Å². The molecule has 0 unspecified atom stereocenters. The standard InChI is InChI=1S/C16H12N2OS2/c1-11-5-2-3-6-12(11)9-14-15(19)18(16(20)21-14)13-7-4-8-17-10-13/h2-10H,1H3. The highest BCUT2D eigenvalue weighted by molar-refractivity contribution is 8.27. The van der Waals surface area contributed by atoms with Crippen molar-refractivity contribution < 1.29 is 4.79 Å². The van der Waals surface area contributed by atoms with Crippen LogP contribution in [0.3, 0.4) is 0 Å². The minimum atomic E-state index is -0.0961. The molecule has 1 fully saturated rings. The van der Waals surface area contributed by atoms with Gasteiger partial charge in [-0.25, -0.2) is 0 Å². The van der Waals surface area contributed by atoms with Crippen molar-refractivity contribution >= 4 is 46.0 Å². The number of carbonyl (C=O) groups excluding carboxylic acids is 1. The van der Waals surface area contributed by atoms with Crippen LogP contribution in [0.25, 0.3) is 6.08 Å². The first kappa shape index (κ1) is 14.0. The van der Waals surface area contributed by atoms with Gasteiger partial charge in [0, 0.05) is 6.20 Å². The average molecular weight is 312 g/mol. The Morgan fingerprint density at radius 1 is 1.24 bits per heavy atom. The lowest BCUT2D eigenvalue weighted by atomic mass is 10.1. The highest BCUT2D eigenvalue weighted by atomic mass is 32.2. The maximum atomic E-state index is 12.6. The van der Waals surface area contributed by atoms with Crippen molar-refractivity contribution in [3.05, 3.63) is 64.8 Å². The summed E-state index contributed by atoms with van der Waals surface area (Å²) >= 11 is 6.65. The van der Waals surface area contributed by atoms with Crippen LogP contribution in [-0.2, 0) is 4.79 Å². The number of thiocarbonyl (C=S) groups is 1.